The van der Waals surface area contributed by atoms with Gasteiger partial charge in [0, 0.05) is 0 Å². The van der Waals surface area contributed by atoms with E-state index in [0.29, 0.717) is 0 Å². The largest absolute Gasteiger partial charge is 0.297 e. The highest BCUT2D eigenvalue weighted by Crippen LogP contribution is 2.14. The normalized spacial score (nSPS) is 11.6. The molecule has 0 aromatic heterocycles. The maximum atomic E-state index is 11.2. The first kappa shape index (κ1) is 12.2. The zero-order valence-corrected chi connectivity index (χ0v) is 9.59. The van der Waals surface area contributed by atoms with E-state index in [1.54, 1.807) is 12.1 Å². The van der Waals surface area contributed by atoms with Crippen LogP contribution in [0, 0.1) is 7.11 Å². The lowest BCUT2D eigenvalue weighted by atomic mass is 10.1. The lowest BCUT2D eigenvalue weighted by molar-refractivity contribution is 0.438. The van der Waals surface area contributed by atoms with Crippen LogP contribution in [0.2, 0.25) is 0 Å². The van der Waals surface area contributed by atoms with Gasteiger partial charge < -0.3 is 0 Å². The molecule has 0 saturated heterocycles. The molecule has 1 radical (unpaired) electrons. The Balaban J connectivity index is 2.81. The van der Waals surface area contributed by atoms with E-state index in [-0.39, 0.29) is 4.90 Å². The number of hydrogen-bond donors (Lipinski definition) is 0. The summed E-state index contributed by atoms with van der Waals surface area (Å²) in [7, 11) is -0.729. The molecule has 0 aliphatic carbocycles. The molecule has 0 fully saturated rings. The van der Waals surface area contributed by atoms with Crippen molar-refractivity contribution in [3.8, 4) is 0 Å². The molecule has 1 aromatic carbocycles. The molecule has 0 atom stereocenters. The second kappa shape index (κ2) is 5.28. The van der Waals surface area contributed by atoms with Crippen molar-refractivity contribution in [3.63, 3.8) is 0 Å². The summed E-state index contributed by atoms with van der Waals surface area (Å²) in [5.74, 6) is 0. The number of hydrogen-bond acceptors (Lipinski definition) is 3. The lowest BCUT2D eigenvalue weighted by Crippen LogP contribution is -2.01. The smallest absolute Gasteiger partial charge is 0.264 e. The molecule has 1 rings (SSSR count). The predicted molar refractivity (Wildman–Crippen MR) is 58.7 cm³/mol. The molecule has 0 bridgehead atoms. The Labute approximate surface area is 91.2 Å². The Morgan fingerprint density at radius 1 is 1.27 bits per heavy atom. The highest BCUT2D eigenvalue weighted by atomic mass is 32.2. The SMILES string of the molecule is [CH2]OS(=O)(=O)c1ccc(CCCC)cc1. The summed E-state index contributed by atoms with van der Waals surface area (Å²) >= 11 is 0. The van der Waals surface area contributed by atoms with Gasteiger partial charge in [0.25, 0.3) is 10.1 Å². The molecule has 0 N–H and O–H groups in total. The Kier molecular flexibility index (Phi) is 4.29. The van der Waals surface area contributed by atoms with Gasteiger partial charge in [-0.2, -0.15) is 8.42 Å². The van der Waals surface area contributed by atoms with Crippen LogP contribution in [0.5, 0.6) is 0 Å². The van der Waals surface area contributed by atoms with E-state index < -0.39 is 10.1 Å². The van der Waals surface area contributed by atoms with Crippen LogP contribution in [0.25, 0.3) is 0 Å². The Bertz CT molecular complexity index is 392. The average Bonchev–Trinajstić information content (AvgIpc) is 2.27. The second-order valence-electron chi connectivity index (χ2n) is 3.32. The third kappa shape index (κ3) is 3.32. The van der Waals surface area contributed by atoms with Gasteiger partial charge in [0.1, 0.15) is 0 Å². The van der Waals surface area contributed by atoms with Gasteiger partial charge in [-0.05, 0) is 30.5 Å². The molecule has 0 heterocycles. The summed E-state index contributed by atoms with van der Waals surface area (Å²) < 4.78 is 26.7. The van der Waals surface area contributed by atoms with E-state index in [1.165, 1.54) is 0 Å². The van der Waals surface area contributed by atoms with Crippen molar-refractivity contribution in [3.05, 3.63) is 36.9 Å². The molecule has 83 valence electrons. The highest BCUT2D eigenvalue weighted by Gasteiger charge is 2.11. The van der Waals surface area contributed by atoms with Gasteiger partial charge in [-0.3, -0.25) is 4.18 Å². The Hall–Kier alpha value is -0.870. The van der Waals surface area contributed by atoms with E-state index in [2.05, 4.69) is 18.2 Å². The van der Waals surface area contributed by atoms with Gasteiger partial charge >= 0.3 is 0 Å². The maximum Gasteiger partial charge on any atom is 0.297 e. The fourth-order valence-electron chi connectivity index (χ4n) is 1.27. The van der Waals surface area contributed by atoms with Crippen LogP contribution in [0.4, 0.5) is 0 Å². The Morgan fingerprint density at radius 3 is 2.33 bits per heavy atom. The van der Waals surface area contributed by atoms with Crippen molar-refractivity contribution >= 4 is 10.1 Å². The minimum Gasteiger partial charge on any atom is -0.264 e. The van der Waals surface area contributed by atoms with E-state index in [9.17, 15) is 8.42 Å². The topological polar surface area (TPSA) is 43.4 Å². The number of rotatable bonds is 5. The molecule has 0 aliphatic heterocycles. The maximum absolute atomic E-state index is 11.2. The molecule has 0 aliphatic rings. The standard InChI is InChI=1S/C11H15O3S/c1-3-4-5-10-6-8-11(9-7-10)15(12,13)14-2/h6-9H,2-5H2,1H3. The Morgan fingerprint density at radius 2 is 1.87 bits per heavy atom. The van der Waals surface area contributed by atoms with Gasteiger partial charge in [-0.25, -0.2) is 0 Å². The predicted octanol–water partition coefficient (Wildman–Crippen LogP) is 2.53. The molecule has 0 unspecified atom stereocenters. The van der Waals surface area contributed by atoms with Crippen molar-refractivity contribution in [1.29, 1.82) is 0 Å². The fourth-order valence-corrected chi connectivity index (χ4v) is 1.88. The highest BCUT2D eigenvalue weighted by molar-refractivity contribution is 7.86. The van der Waals surface area contributed by atoms with Gasteiger partial charge in [0.2, 0.25) is 0 Å². The van der Waals surface area contributed by atoms with Crippen molar-refractivity contribution in [2.75, 3.05) is 0 Å². The molecule has 1 aromatic rings. The zero-order chi connectivity index (χ0) is 11.3. The molecule has 0 spiro atoms. The summed E-state index contributed by atoms with van der Waals surface area (Å²) in [5, 5.41) is 0. The lowest BCUT2D eigenvalue weighted by Gasteiger charge is -2.03. The third-order valence-electron chi connectivity index (χ3n) is 2.19. The molecular weight excluding hydrogens is 212 g/mol. The number of benzene rings is 1. The van der Waals surface area contributed by atoms with Crippen LogP contribution in [0.3, 0.4) is 0 Å². The van der Waals surface area contributed by atoms with Crippen LogP contribution in [0.15, 0.2) is 29.2 Å². The van der Waals surface area contributed by atoms with Crippen LogP contribution >= 0.6 is 0 Å². The van der Waals surface area contributed by atoms with Crippen LogP contribution < -0.4 is 0 Å². The summed E-state index contributed by atoms with van der Waals surface area (Å²) in [4.78, 5) is 0.151. The molecule has 15 heavy (non-hydrogen) atoms. The average molecular weight is 227 g/mol. The van der Waals surface area contributed by atoms with Gasteiger partial charge in [-0.15, -0.1) is 0 Å². The number of unbranched alkanes of at least 4 members (excludes halogenated alkanes) is 1. The minimum absolute atomic E-state index is 0.151. The summed E-state index contributed by atoms with van der Waals surface area (Å²) in [6.45, 7) is 2.12. The summed E-state index contributed by atoms with van der Waals surface area (Å²) in [5.41, 5.74) is 1.14. The van der Waals surface area contributed by atoms with Crippen molar-refractivity contribution in [1.82, 2.24) is 0 Å². The van der Waals surface area contributed by atoms with Gasteiger partial charge in [-0.1, -0.05) is 25.5 Å². The molecule has 4 heteroatoms. The first-order chi connectivity index (χ1) is 7.10. The van der Waals surface area contributed by atoms with Gasteiger partial charge in [0.05, 0.1) is 12.0 Å². The van der Waals surface area contributed by atoms with Crippen molar-refractivity contribution in [2.45, 2.75) is 31.1 Å². The van der Waals surface area contributed by atoms with E-state index in [1.807, 2.05) is 12.1 Å². The molecular formula is C11H15O3S. The summed E-state index contributed by atoms with van der Waals surface area (Å²) in [6.07, 6.45) is 3.21. The monoisotopic (exact) mass is 227 g/mol. The van der Waals surface area contributed by atoms with Crippen LogP contribution in [0.1, 0.15) is 25.3 Å². The quantitative estimate of drug-likeness (QED) is 0.726. The molecule has 3 nitrogen and oxygen atoms in total. The van der Waals surface area contributed by atoms with Crippen LogP contribution in [-0.4, -0.2) is 8.42 Å². The first-order valence-electron chi connectivity index (χ1n) is 4.87. The van der Waals surface area contributed by atoms with E-state index in [0.717, 1.165) is 24.8 Å². The summed E-state index contributed by atoms with van der Waals surface area (Å²) in [6, 6.07) is 6.71. The van der Waals surface area contributed by atoms with Crippen LogP contribution in [-0.2, 0) is 20.7 Å². The zero-order valence-electron chi connectivity index (χ0n) is 8.77. The van der Waals surface area contributed by atoms with Crippen molar-refractivity contribution < 1.29 is 12.6 Å². The minimum atomic E-state index is -3.65. The molecule has 0 amide bonds. The second-order valence-corrected chi connectivity index (χ2v) is 4.93. The molecule has 0 saturated carbocycles. The van der Waals surface area contributed by atoms with Gasteiger partial charge in [0.15, 0.2) is 0 Å². The fraction of sp³-hybridized carbons (Fsp3) is 0.364. The van der Waals surface area contributed by atoms with Crippen molar-refractivity contribution in [2.24, 2.45) is 0 Å². The first-order valence-corrected chi connectivity index (χ1v) is 6.28. The van der Waals surface area contributed by atoms with E-state index >= 15 is 0 Å². The third-order valence-corrected chi connectivity index (χ3v) is 3.35. The number of aryl methyl sites for hydroxylation is 1. The van der Waals surface area contributed by atoms with E-state index in [4.69, 9.17) is 0 Å².